The number of nitrogens with one attached hydrogen (secondary N) is 1. The van der Waals surface area contributed by atoms with Crippen LogP contribution in [0.2, 0.25) is 15.1 Å². The molecule has 0 bridgehead atoms. The van der Waals surface area contributed by atoms with Crippen molar-refractivity contribution in [2.75, 3.05) is 27.2 Å². The van der Waals surface area contributed by atoms with Crippen LogP contribution in [0.25, 0.3) is 22.5 Å². The van der Waals surface area contributed by atoms with Gasteiger partial charge in [0.05, 0.1) is 39.2 Å². The molecule has 0 radical (unpaired) electrons. The highest BCUT2D eigenvalue weighted by molar-refractivity contribution is 6.36. The SMILES string of the molecule is CN(C)CCCOc1cc(-c2nc(C(=O)N[C@]3(C(=O)O)CC[C@H](O)CC3)ccc2-c2ncc(Cl)cc2Cl)ccc1Cl. The lowest BCUT2D eigenvalue weighted by Crippen LogP contribution is -2.57. The Kier molecular flexibility index (Phi) is 10.1. The summed E-state index contributed by atoms with van der Waals surface area (Å²) in [7, 11) is 3.96. The smallest absolute Gasteiger partial charge is 0.329 e. The van der Waals surface area contributed by atoms with Gasteiger partial charge in [0.15, 0.2) is 0 Å². The van der Waals surface area contributed by atoms with Gasteiger partial charge in [-0.1, -0.05) is 40.9 Å². The third kappa shape index (κ3) is 7.47. The Morgan fingerprint density at radius 2 is 1.80 bits per heavy atom. The molecule has 3 N–H and O–H groups in total. The van der Waals surface area contributed by atoms with Crippen molar-refractivity contribution < 1.29 is 24.5 Å². The lowest BCUT2D eigenvalue weighted by Gasteiger charge is -2.35. The number of aromatic nitrogens is 2. The number of hydrogen-bond donors (Lipinski definition) is 3. The molecule has 0 atom stereocenters. The molecule has 0 spiro atoms. The van der Waals surface area contributed by atoms with Crippen LogP contribution in [-0.4, -0.2) is 75.8 Å². The fraction of sp³-hybridized carbons (Fsp3) is 0.379. The molecule has 12 heteroatoms. The first-order valence-corrected chi connectivity index (χ1v) is 14.3. The van der Waals surface area contributed by atoms with Crippen molar-refractivity contribution in [2.24, 2.45) is 0 Å². The summed E-state index contributed by atoms with van der Waals surface area (Å²) in [6.07, 6.45) is 2.41. The van der Waals surface area contributed by atoms with Crippen LogP contribution in [0.4, 0.5) is 0 Å². The second-order valence-corrected chi connectivity index (χ2v) is 11.6. The molecule has 0 unspecified atom stereocenters. The molecule has 1 aromatic carbocycles. The number of aliphatic hydroxyl groups excluding tert-OH is 1. The molecule has 9 nitrogen and oxygen atoms in total. The van der Waals surface area contributed by atoms with E-state index in [0.717, 1.165) is 13.0 Å². The first-order valence-electron chi connectivity index (χ1n) is 13.1. The Bertz CT molecular complexity index is 1430. The van der Waals surface area contributed by atoms with Crippen molar-refractivity contribution in [2.45, 2.75) is 43.7 Å². The lowest BCUT2D eigenvalue weighted by molar-refractivity contribution is -0.146. The van der Waals surface area contributed by atoms with E-state index in [-0.39, 0.29) is 36.4 Å². The van der Waals surface area contributed by atoms with Crippen molar-refractivity contribution in [1.82, 2.24) is 20.2 Å². The number of carboxylic acid groups (broad SMARTS) is 1. The maximum atomic E-state index is 13.4. The molecular weight excluding hydrogens is 591 g/mol. The fourth-order valence-corrected chi connectivity index (χ4v) is 5.36. The molecule has 1 aliphatic carbocycles. The Morgan fingerprint density at radius 1 is 1.07 bits per heavy atom. The zero-order valence-corrected chi connectivity index (χ0v) is 24.9. The van der Waals surface area contributed by atoms with E-state index >= 15 is 0 Å². The number of carbonyl (C=O) groups excluding carboxylic acids is 1. The average Bonchev–Trinajstić information content (AvgIpc) is 2.93. The summed E-state index contributed by atoms with van der Waals surface area (Å²) in [6, 6.07) is 9.86. The molecule has 2 aromatic heterocycles. The van der Waals surface area contributed by atoms with Gasteiger partial charge in [0.1, 0.15) is 17.0 Å². The Balaban J connectivity index is 1.74. The molecule has 2 heterocycles. The van der Waals surface area contributed by atoms with E-state index in [2.05, 4.69) is 20.2 Å². The summed E-state index contributed by atoms with van der Waals surface area (Å²) in [4.78, 5) is 36.7. The molecule has 1 amide bonds. The maximum Gasteiger partial charge on any atom is 0.329 e. The predicted octanol–water partition coefficient (Wildman–Crippen LogP) is 5.59. The van der Waals surface area contributed by atoms with Crippen LogP contribution < -0.4 is 10.1 Å². The summed E-state index contributed by atoms with van der Waals surface area (Å²) in [5.41, 5.74) is 0.390. The Morgan fingerprint density at radius 3 is 2.46 bits per heavy atom. The number of halogens is 3. The maximum absolute atomic E-state index is 13.4. The molecule has 1 saturated carbocycles. The minimum Gasteiger partial charge on any atom is -0.492 e. The highest BCUT2D eigenvalue weighted by atomic mass is 35.5. The second-order valence-electron chi connectivity index (χ2n) is 10.3. The number of benzene rings is 1. The molecule has 4 rings (SSSR count). The molecular formula is C29H31Cl3N4O5. The summed E-state index contributed by atoms with van der Waals surface area (Å²) in [5, 5.41) is 23.6. The topological polar surface area (TPSA) is 125 Å². The van der Waals surface area contributed by atoms with Crippen LogP contribution in [0.3, 0.4) is 0 Å². The van der Waals surface area contributed by atoms with Gasteiger partial charge in [0, 0.05) is 23.9 Å². The second kappa shape index (κ2) is 13.4. The highest BCUT2D eigenvalue weighted by Gasteiger charge is 2.43. The average molecular weight is 622 g/mol. The highest BCUT2D eigenvalue weighted by Crippen LogP contribution is 2.38. The normalized spacial score (nSPS) is 18.8. The fourth-order valence-electron chi connectivity index (χ4n) is 4.70. The Hall–Kier alpha value is -2.95. The van der Waals surface area contributed by atoms with E-state index in [1.807, 2.05) is 14.1 Å². The zero-order valence-electron chi connectivity index (χ0n) is 22.7. The molecule has 1 fully saturated rings. The number of carbonyl (C=O) groups is 2. The van der Waals surface area contributed by atoms with Gasteiger partial charge in [-0.15, -0.1) is 0 Å². The van der Waals surface area contributed by atoms with Crippen molar-refractivity contribution in [3.8, 4) is 28.3 Å². The van der Waals surface area contributed by atoms with E-state index in [9.17, 15) is 19.8 Å². The van der Waals surface area contributed by atoms with Crippen molar-refractivity contribution >= 4 is 46.7 Å². The summed E-state index contributed by atoms with van der Waals surface area (Å²) in [5.74, 6) is -1.35. The Labute approximate surface area is 253 Å². The van der Waals surface area contributed by atoms with Gasteiger partial charge in [-0.05, 0) is 76.5 Å². The van der Waals surface area contributed by atoms with Gasteiger partial charge in [-0.3, -0.25) is 9.78 Å². The van der Waals surface area contributed by atoms with Gasteiger partial charge in [0.2, 0.25) is 0 Å². The number of rotatable bonds is 10. The van der Waals surface area contributed by atoms with Crippen LogP contribution >= 0.6 is 34.8 Å². The largest absolute Gasteiger partial charge is 0.492 e. The van der Waals surface area contributed by atoms with Gasteiger partial charge in [0.25, 0.3) is 5.91 Å². The first kappa shape index (κ1) is 31.0. The molecule has 41 heavy (non-hydrogen) atoms. The number of hydrogen-bond acceptors (Lipinski definition) is 7. The minimum absolute atomic E-state index is 0.00369. The molecule has 0 aliphatic heterocycles. The number of aliphatic carboxylic acids is 1. The first-order chi connectivity index (χ1) is 19.5. The van der Waals surface area contributed by atoms with Gasteiger partial charge in [-0.25, -0.2) is 9.78 Å². The predicted molar refractivity (Wildman–Crippen MR) is 159 cm³/mol. The summed E-state index contributed by atoms with van der Waals surface area (Å²) >= 11 is 19.0. The van der Waals surface area contributed by atoms with E-state index in [1.54, 1.807) is 30.3 Å². The molecule has 218 valence electrons. The van der Waals surface area contributed by atoms with Crippen LogP contribution in [0.15, 0.2) is 42.6 Å². The van der Waals surface area contributed by atoms with Crippen molar-refractivity contribution in [3.63, 3.8) is 0 Å². The van der Waals surface area contributed by atoms with Crippen LogP contribution in [0, 0.1) is 0 Å². The van der Waals surface area contributed by atoms with Crippen molar-refractivity contribution in [3.05, 3.63) is 63.4 Å². The number of carboxylic acids is 1. The van der Waals surface area contributed by atoms with Crippen molar-refractivity contribution in [1.29, 1.82) is 0 Å². The zero-order chi connectivity index (χ0) is 29.7. The summed E-state index contributed by atoms with van der Waals surface area (Å²) in [6.45, 7) is 1.29. The number of nitrogens with zero attached hydrogens (tertiary/aromatic N) is 3. The number of aliphatic hydroxyl groups is 1. The van der Waals surface area contributed by atoms with E-state index in [1.165, 1.54) is 12.3 Å². The molecule has 3 aromatic rings. The number of ether oxygens (including phenoxy) is 1. The summed E-state index contributed by atoms with van der Waals surface area (Å²) < 4.78 is 5.95. The third-order valence-electron chi connectivity index (χ3n) is 6.97. The minimum atomic E-state index is -1.49. The van der Waals surface area contributed by atoms with E-state index < -0.39 is 23.5 Å². The number of pyridine rings is 2. The van der Waals surface area contributed by atoms with Crippen LogP contribution in [0.1, 0.15) is 42.6 Å². The van der Waals surface area contributed by atoms with E-state index in [4.69, 9.17) is 39.5 Å². The van der Waals surface area contributed by atoms with Gasteiger partial charge < -0.3 is 25.2 Å². The van der Waals surface area contributed by atoms with Gasteiger partial charge >= 0.3 is 5.97 Å². The monoisotopic (exact) mass is 620 g/mol. The molecule has 1 aliphatic rings. The standard InChI is InChI=1S/C29H31Cl3N4O5/c1-36(2)12-3-13-41-24-14-17(4-6-21(24)31)25-20(26-22(32)15-18(30)16-33-26)5-7-23(34-25)27(38)35-29(28(39)40)10-8-19(37)9-11-29/h4-7,14-16,19,37H,3,8-13H2,1-2H3,(H,35,38)(H,39,40)/t19-,29+. The quantitative estimate of drug-likeness (QED) is 0.250. The van der Waals surface area contributed by atoms with Crippen LogP contribution in [0.5, 0.6) is 5.75 Å². The van der Waals surface area contributed by atoms with Gasteiger partial charge in [-0.2, -0.15) is 0 Å². The van der Waals surface area contributed by atoms with Crippen LogP contribution in [-0.2, 0) is 4.79 Å². The third-order valence-corrected chi connectivity index (χ3v) is 7.78. The van der Waals surface area contributed by atoms with E-state index in [0.29, 0.717) is 44.9 Å². The lowest BCUT2D eigenvalue weighted by atomic mass is 9.80. The number of amides is 1. The molecule has 0 saturated heterocycles.